The summed E-state index contributed by atoms with van der Waals surface area (Å²) in [6, 6.07) is 8.49. The van der Waals surface area contributed by atoms with E-state index in [1.54, 1.807) is 24.3 Å². The van der Waals surface area contributed by atoms with E-state index in [9.17, 15) is 4.79 Å². The monoisotopic (exact) mass is 412 g/mol. The van der Waals surface area contributed by atoms with E-state index in [2.05, 4.69) is 15.0 Å². The van der Waals surface area contributed by atoms with Gasteiger partial charge in [-0.3, -0.25) is 0 Å². The number of esters is 1. The standard InChI is InChI=1S/C20H22BFN4O4/c1-19(2)20(3,4)30-21(29-19)17(22)15(14-8-6-13(10-23)7-9-14)11-26-12-16(24-25-26)18(27)28-5/h6-9,12H,11H2,1-5H3. The lowest BCUT2D eigenvalue weighted by Crippen LogP contribution is -2.41. The van der Waals surface area contributed by atoms with Gasteiger partial charge in [0, 0.05) is 5.57 Å². The van der Waals surface area contributed by atoms with Crippen molar-refractivity contribution in [3.63, 3.8) is 0 Å². The van der Waals surface area contributed by atoms with Gasteiger partial charge in [-0.15, -0.1) is 5.10 Å². The minimum Gasteiger partial charge on any atom is -0.464 e. The van der Waals surface area contributed by atoms with E-state index in [1.807, 2.05) is 33.8 Å². The third-order valence-corrected chi connectivity index (χ3v) is 5.36. The topological polar surface area (TPSA) is 99.3 Å². The number of ether oxygens (including phenoxy) is 1. The number of nitrogens with zero attached hydrogens (tertiary/aromatic N) is 4. The highest BCUT2D eigenvalue weighted by Crippen LogP contribution is 2.40. The van der Waals surface area contributed by atoms with Crippen molar-refractivity contribution in [1.29, 1.82) is 5.26 Å². The zero-order valence-electron chi connectivity index (χ0n) is 17.5. The van der Waals surface area contributed by atoms with Crippen LogP contribution in [0.1, 0.15) is 49.3 Å². The van der Waals surface area contributed by atoms with Gasteiger partial charge in [0.1, 0.15) is 5.73 Å². The SMILES string of the molecule is COC(=O)c1cn(CC(=C(F)B2OC(C)(C)C(C)(C)O2)c2ccc(C#N)cc2)nn1. The Labute approximate surface area is 174 Å². The first-order chi connectivity index (χ1) is 14.1. The number of hydrogen-bond acceptors (Lipinski definition) is 7. The summed E-state index contributed by atoms with van der Waals surface area (Å²) < 4.78 is 33.3. The molecule has 0 aliphatic carbocycles. The molecule has 0 amide bonds. The summed E-state index contributed by atoms with van der Waals surface area (Å²) in [7, 11) is 0.0331. The molecule has 0 radical (unpaired) electrons. The van der Waals surface area contributed by atoms with Crippen LogP contribution in [0.15, 0.2) is 36.2 Å². The summed E-state index contributed by atoms with van der Waals surface area (Å²) in [5.74, 6) is -0.642. The molecule has 0 spiro atoms. The van der Waals surface area contributed by atoms with Gasteiger partial charge in [-0.25, -0.2) is 13.9 Å². The highest BCUT2D eigenvalue weighted by Gasteiger charge is 2.53. The van der Waals surface area contributed by atoms with Crippen molar-refractivity contribution in [3.8, 4) is 6.07 Å². The maximum atomic E-state index is 15.7. The van der Waals surface area contributed by atoms with Crippen LogP contribution < -0.4 is 0 Å². The van der Waals surface area contributed by atoms with E-state index in [1.165, 1.54) is 18.0 Å². The lowest BCUT2D eigenvalue weighted by molar-refractivity contribution is 0.00578. The first kappa shape index (κ1) is 21.7. The van der Waals surface area contributed by atoms with Crippen LogP contribution >= 0.6 is 0 Å². The quantitative estimate of drug-likeness (QED) is 0.550. The van der Waals surface area contributed by atoms with E-state index >= 15 is 4.39 Å². The maximum absolute atomic E-state index is 15.7. The van der Waals surface area contributed by atoms with E-state index in [0.717, 1.165) is 0 Å². The molecule has 1 aromatic heterocycles. The van der Waals surface area contributed by atoms with Crippen LogP contribution in [0.5, 0.6) is 0 Å². The Bertz CT molecular complexity index is 1010. The molecule has 0 saturated carbocycles. The van der Waals surface area contributed by atoms with Crippen molar-refractivity contribution < 1.29 is 23.2 Å². The molecule has 1 fully saturated rings. The number of carbonyl (C=O) groups is 1. The van der Waals surface area contributed by atoms with Crippen LogP contribution in [-0.2, 0) is 20.6 Å². The molecule has 10 heteroatoms. The molecule has 1 aliphatic rings. The molecule has 3 rings (SSSR count). The Morgan fingerprint density at radius 3 is 2.37 bits per heavy atom. The smallest absolute Gasteiger partial charge is 0.464 e. The van der Waals surface area contributed by atoms with Crippen LogP contribution in [0.4, 0.5) is 4.39 Å². The highest BCUT2D eigenvalue weighted by molar-refractivity contribution is 6.55. The molecule has 1 aromatic carbocycles. The predicted molar refractivity (Wildman–Crippen MR) is 107 cm³/mol. The van der Waals surface area contributed by atoms with E-state index in [0.29, 0.717) is 11.1 Å². The average Bonchev–Trinajstić information content (AvgIpc) is 3.26. The van der Waals surface area contributed by atoms with Crippen LogP contribution in [0.25, 0.3) is 5.57 Å². The number of aromatic nitrogens is 3. The minimum atomic E-state index is -1.20. The number of halogens is 1. The summed E-state index contributed by atoms with van der Waals surface area (Å²) in [4.78, 5) is 11.6. The first-order valence-corrected chi connectivity index (χ1v) is 9.31. The Morgan fingerprint density at radius 2 is 1.83 bits per heavy atom. The van der Waals surface area contributed by atoms with Crippen LogP contribution in [0, 0.1) is 11.3 Å². The largest absolute Gasteiger partial charge is 0.525 e. The van der Waals surface area contributed by atoms with Crippen molar-refractivity contribution in [3.05, 3.63) is 53.0 Å². The summed E-state index contributed by atoms with van der Waals surface area (Å²) in [6.45, 7) is 7.30. The van der Waals surface area contributed by atoms with Crippen molar-refractivity contribution in [1.82, 2.24) is 15.0 Å². The number of rotatable bonds is 5. The number of allylic oxidation sites excluding steroid dienone is 1. The fourth-order valence-corrected chi connectivity index (χ4v) is 2.88. The lowest BCUT2D eigenvalue weighted by Gasteiger charge is -2.32. The Balaban J connectivity index is 2.01. The van der Waals surface area contributed by atoms with Gasteiger partial charge in [0.05, 0.1) is 42.7 Å². The Morgan fingerprint density at radius 1 is 1.23 bits per heavy atom. The van der Waals surface area contributed by atoms with Gasteiger partial charge in [0.2, 0.25) is 0 Å². The van der Waals surface area contributed by atoms with Gasteiger partial charge in [0.15, 0.2) is 5.69 Å². The predicted octanol–water partition coefficient (Wildman–Crippen LogP) is 2.95. The number of hydrogen-bond donors (Lipinski definition) is 0. The molecule has 0 N–H and O–H groups in total. The van der Waals surface area contributed by atoms with Gasteiger partial charge in [0.25, 0.3) is 0 Å². The molecule has 1 aliphatic heterocycles. The summed E-state index contributed by atoms with van der Waals surface area (Å²) in [5.41, 5.74) is -0.827. The van der Waals surface area contributed by atoms with E-state index < -0.39 is 30.0 Å². The molecule has 0 atom stereocenters. The second-order valence-electron chi connectivity index (χ2n) is 7.90. The molecular weight excluding hydrogens is 390 g/mol. The molecule has 2 aromatic rings. The summed E-state index contributed by atoms with van der Waals surface area (Å²) in [6.07, 6.45) is 1.37. The highest BCUT2D eigenvalue weighted by atomic mass is 19.1. The van der Waals surface area contributed by atoms with E-state index in [-0.39, 0.29) is 17.8 Å². The molecule has 8 nitrogen and oxygen atoms in total. The van der Waals surface area contributed by atoms with Gasteiger partial charge in [-0.2, -0.15) is 5.26 Å². The normalized spacial score (nSPS) is 18.0. The van der Waals surface area contributed by atoms with Gasteiger partial charge >= 0.3 is 13.1 Å². The summed E-state index contributed by atoms with van der Waals surface area (Å²) in [5, 5.41) is 16.7. The third-order valence-electron chi connectivity index (χ3n) is 5.36. The van der Waals surface area contributed by atoms with Crippen molar-refractivity contribution in [2.24, 2.45) is 0 Å². The van der Waals surface area contributed by atoms with Gasteiger partial charge < -0.3 is 14.0 Å². The Kier molecular flexibility index (Phi) is 5.79. The number of benzene rings is 1. The van der Waals surface area contributed by atoms with Gasteiger partial charge in [-0.1, -0.05) is 17.3 Å². The van der Waals surface area contributed by atoms with Crippen LogP contribution in [-0.4, -0.2) is 46.4 Å². The fourth-order valence-electron chi connectivity index (χ4n) is 2.88. The molecule has 0 unspecified atom stereocenters. The van der Waals surface area contributed by atoms with Crippen molar-refractivity contribution >= 4 is 18.7 Å². The second-order valence-corrected chi connectivity index (χ2v) is 7.90. The van der Waals surface area contributed by atoms with Crippen molar-refractivity contribution in [2.45, 2.75) is 45.4 Å². The van der Waals surface area contributed by atoms with Crippen molar-refractivity contribution in [2.75, 3.05) is 7.11 Å². The molecule has 156 valence electrons. The first-order valence-electron chi connectivity index (χ1n) is 9.31. The molecule has 1 saturated heterocycles. The zero-order valence-corrected chi connectivity index (χ0v) is 17.5. The number of carbonyl (C=O) groups excluding carboxylic acids is 1. The number of methoxy groups -OCH3 is 1. The van der Waals surface area contributed by atoms with Gasteiger partial charge in [-0.05, 0) is 45.4 Å². The third kappa shape index (κ3) is 4.13. The average molecular weight is 412 g/mol. The Hall–Kier alpha value is -3.03. The summed E-state index contributed by atoms with van der Waals surface area (Å²) >= 11 is 0. The van der Waals surface area contributed by atoms with E-state index in [4.69, 9.17) is 14.6 Å². The molecule has 2 heterocycles. The zero-order chi connectivity index (χ0) is 22.1. The lowest BCUT2D eigenvalue weighted by atomic mass is 9.82. The molecule has 0 bridgehead atoms. The molecular formula is C20H22BFN4O4. The second kappa shape index (κ2) is 8.01. The maximum Gasteiger partial charge on any atom is 0.525 e. The minimum absolute atomic E-state index is 0.00715. The molecule has 30 heavy (non-hydrogen) atoms. The fraction of sp³-hybridized carbons (Fsp3) is 0.400. The number of nitriles is 1. The van der Waals surface area contributed by atoms with Crippen LogP contribution in [0.3, 0.4) is 0 Å². The van der Waals surface area contributed by atoms with Crippen LogP contribution in [0.2, 0.25) is 0 Å².